The molecule has 1 saturated carbocycles. The van der Waals surface area contributed by atoms with Crippen molar-refractivity contribution in [3.05, 3.63) is 0 Å². The fraction of sp³-hybridized carbons (Fsp3) is 0.818. The summed E-state index contributed by atoms with van der Waals surface area (Å²) in [5, 5.41) is 0. The van der Waals surface area contributed by atoms with Gasteiger partial charge in [0.1, 0.15) is 0 Å². The summed E-state index contributed by atoms with van der Waals surface area (Å²) in [6.07, 6.45) is 11.0. The van der Waals surface area contributed by atoms with Crippen molar-refractivity contribution in [1.29, 1.82) is 0 Å². The molecule has 0 aromatic carbocycles. The Kier molecular flexibility index (Phi) is 6.08. The molecule has 16 heavy (non-hydrogen) atoms. The van der Waals surface area contributed by atoms with Crippen LogP contribution in [0.15, 0.2) is 0 Å². The van der Waals surface area contributed by atoms with Crippen LogP contribution in [0.5, 0.6) is 0 Å². The number of terminal acetylenes is 1. The molecule has 1 fully saturated rings. The lowest BCUT2D eigenvalue weighted by Gasteiger charge is -2.16. The van der Waals surface area contributed by atoms with Gasteiger partial charge in [-0.25, -0.2) is 4.57 Å². The Morgan fingerprint density at radius 2 is 2.06 bits per heavy atom. The van der Waals surface area contributed by atoms with Gasteiger partial charge in [0.05, 0.1) is 12.7 Å². The average Bonchev–Trinajstić information content (AvgIpc) is 2.69. The van der Waals surface area contributed by atoms with E-state index in [1.165, 1.54) is 0 Å². The minimum absolute atomic E-state index is 0.110. The summed E-state index contributed by atoms with van der Waals surface area (Å²) in [5.74, 6) is 2.51. The Balaban J connectivity index is 2.13. The lowest BCUT2D eigenvalue weighted by molar-refractivity contribution is 0.106. The molecule has 0 amide bonds. The Hall–Kier alpha value is -0.330. The number of phosphoric acid groups is 1. The van der Waals surface area contributed by atoms with Crippen LogP contribution in [0.25, 0.3) is 0 Å². The van der Waals surface area contributed by atoms with Gasteiger partial charge in [0.25, 0.3) is 0 Å². The van der Waals surface area contributed by atoms with Gasteiger partial charge in [0.2, 0.25) is 0 Å². The first-order chi connectivity index (χ1) is 7.64. The summed E-state index contributed by atoms with van der Waals surface area (Å²) in [6.45, 7) is 0.224. The standard InChI is InChI=1S/C11H19O4P/c1-2-3-4-7-10-14-16(12,13)15-11-8-5-6-9-11/h1,11H,3-10H2,(H,12,13). The number of hydrogen-bond acceptors (Lipinski definition) is 3. The highest BCUT2D eigenvalue weighted by Gasteiger charge is 2.28. The molecule has 1 atom stereocenters. The van der Waals surface area contributed by atoms with E-state index in [2.05, 4.69) is 5.92 Å². The van der Waals surface area contributed by atoms with E-state index in [0.29, 0.717) is 12.8 Å². The van der Waals surface area contributed by atoms with E-state index < -0.39 is 7.82 Å². The van der Waals surface area contributed by atoms with Crippen LogP contribution in [-0.4, -0.2) is 17.6 Å². The van der Waals surface area contributed by atoms with E-state index in [-0.39, 0.29) is 12.7 Å². The van der Waals surface area contributed by atoms with Crippen molar-refractivity contribution in [2.75, 3.05) is 6.61 Å². The first-order valence-corrected chi connectivity index (χ1v) is 7.23. The number of hydrogen-bond donors (Lipinski definition) is 1. The maximum atomic E-state index is 11.5. The van der Waals surface area contributed by atoms with Crippen molar-refractivity contribution >= 4 is 7.82 Å². The van der Waals surface area contributed by atoms with Gasteiger partial charge in [-0.1, -0.05) is 12.8 Å². The number of unbranched alkanes of at least 4 members (excludes halogenated alkanes) is 2. The van der Waals surface area contributed by atoms with Crippen molar-refractivity contribution in [2.45, 2.75) is 51.0 Å². The predicted octanol–water partition coefficient (Wildman–Crippen LogP) is 2.87. The third-order valence-corrected chi connectivity index (χ3v) is 3.63. The molecule has 0 aliphatic heterocycles. The largest absolute Gasteiger partial charge is 0.472 e. The van der Waals surface area contributed by atoms with Crippen LogP contribution in [0, 0.1) is 12.3 Å². The predicted molar refractivity (Wildman–Crippen MR) is 61.8 cm³/mol. The lowest BCUT2D eigenvalue weighted by atomic mass is 10.2. The summed E-state index contributed by atoms with van der Waals surface area (Å²) >= 11 is 0. The van der Waals surface area contributed by atoms with Crippen molar-refractivity contribution < 1.29 is 18.5 Å². The van der Waals surface area contributed by atoms with E-state index in [9.17, 15) is 9.46 Å². The minimum atomic E-state index is -3.84. The van der Waals surface area contributed by atoms with Crippen LogP contribution < -0.4 is 0 Å². The van der Waals surface area contributed by atoms with Gasteiger partial charge in [-0.3, -0.25) is 9.05 Å². The molecule has 0 spiro atoms. The van der Waals surface area contributed by atoms with E-state index in [0.717, 1.165) is 32.1 Å². The molecule has 0 heterocycles. The van der Waals surface area contributed by atoms with Gasteiger partial charge < -0.3 is 4.89 Å². The van der Waals surface area contributed by atoms with Gasteiger partial charge in [0.15, 0.2) is 0 Å². The Bertz CT molecular complexity index is 278. The molecule has 0 saturated heterocycles. The zero-order chi connectivity index (χ0) is 11.9. The van der Waals surface area contributed by atoms with E-state index in [1.807, 2.05) is 0 Å². The third kappa shape index (κ3) is 5.67. The maximum absolute atomic E-state index is 11.5. The zero-order valence-electron chi connectivity index (χ0n) is 9.43. The quantitative estimate of drug-likeness (QED) is 0.426. The highest BCUT2D eigenvalue weighted by atomic mass is 31.2. The second-order valence-corrected chi connectivity index (χ2v) is 5.38. The molecule has 0 bridgehead atoms. The highest BCUT2D eigenvalue weighted by molar-refractivity contribution is 7.47. The van der Waals surface area contributed by atoms with Gasteiger partial charge >= 0.3 is 7.82 Å². The molecular formula is C11H19O4P. The fourth-order valence-electron chi connectivity index (χ4n) is 1.72. The van der Waals surface area contributed by atoms with Crippen LogP contribution >= 0.6 is 7.82 Å². The summed E-state index contributed by atoms with van der Waals surface area (Å²) in [4.78, 5) is 9.40. The van der Waals surface area contributed by atoms with Crippen molar-refractivity contribution in [3.8, 4) is 12.3 Å². The summed E-state index contributed by atoms with van der Waals surface area (Å²) < 4.78 is 21.4. The van der Waals surface area contributed by atoms with Gasteiger partial charge in [-0.05, 0) is 25.7 Å². The van der Waals surface area contributed by atoms with Gasteiger partial charge in [-0.2, -0.15) is 0 Å². The number of rotatable bonds is 7. The minimum Gasteiger partial charge on any atom is -0.302 e. The first kappa shape index (κ1) is 13.7. The van der Waals surface area contributed by atoms with Crippen LogP contribution in [0.1, 0.15) is 44.9 Å². The summed E-state index contributed by atoms with van der Waals surface area (Å²) in [5.41, 5.74) is 0. The molecule has 1 unspecified atom stereocenters. The molecule has 1 rings (SSSR count). The molecular weight excluding hydrogens is 227 g/mol. The summed E-state index contributed by atoms with van der Waals surface area (Å²) in [7, 11) is -3.84. The maximum Gasteiger partial charge on any atom is 0.472 e. The Labute approximate surface area is 97.0 Å². The van der Waals surface area contributed by atoms with E-state index >= 15 is 0 Å². The summed E-state index contributed by atoms with van der Waals surface area (Å²) in [6, 6.07) is 0. The van der Waals surface area contributed by atoms with E-state index in [1.54, 1.807) is 0 Å². The fourth-order valence-corrected chi connectivity index (χ4v) is 2.73. The lowest BCUT2D eigenvalue weighted by Crippen LogP contribution is -2.07. The molecule has 1 aliphatic rings. The highest BCUT2D eigenvalue weighted by Crippen LogP contribution is 2.47. The Morgan fingerprint density at radius 1 is 1.38 bits per heavy atom. The van der Waals surface area contributed by atoms with Crippen LogP contribution in [0.3, 0.4) is 0 Å². The normalized spacial score (nSPS) is 20.5. The SMILES string of the molecule is C#CCCCCOP(=O)(O)OC1CCCC1. The van der Waals surface area contributed by atoms with Crippen LogP contribution in [0.2, 0.25) is 0 Å². The molecule has 92 valence electrons. The van der Waals surface area contributed by atoms with Crippen molar-refractivity contribution in [1.82, 2.24) is 0 Å². The first-order valence-electron chi connectivity index (χ1n) is 5.73. The molecule has 0 aromatic rings. The second-order valence-electron chi connectivity index (χ2n) is 3.97. The van der Waals surface area contributed by atoms with Crippen molar-refractivity contribution in [3.63, 3.8) is 0 Å². The van der Waals surface area contributed by atoms with E-state index in [4.69, 9.17) is 15.5 Å². The zero-order valence-corrected chi connectivity index (χ0v) is 10.3. The smallest absolute Gasteiger partial charge is 0.302 e. The third-order valence-electron chi connectivity index (χ3n) is 2.55. The molecule has 0 aromatic heterocycles. The average molecular weight is 246 g/mol. The molecule has 1 aliphatic carbocycles. The van der Waals surface area contributed by atoms with Gasteiger partial charge in [-0.15, -0.1) is 12.3 Å². The monoisotopic (exact) mass is 246 g/mol. The molecule has 1 N–H and O–H groups in total. The number of phosphoric ester groups is 1. The van der Waals surface area contributed by atoms with Gasteiger partial charge in [0, 0.05) is 6.42 Å². The topological polar surface area (TPSA) is 55.8 Å². The Morgan fingerprint density at radius 3 is 2.69 bits per heavy atom. The van der Waals surface area contributed by atoms with Crippen molar-refractivity contribution in [2.24, 2.45) is 0 Å². The van der Waals surface area contributed by atoms with Crippen LogP contribution in [0.4, 0.5) is 0 Å². The molecule has 4 nitrogen and oxygen atoms in total. The molecule has 5 heteroatoms. The molecule has 0 radical (unpaired) electrons. The van der Waals surface area contributed by atoms with Crippen LogP contribution in [-0.2, 0) is 13.6 Å². The second kappa shape index (κ2) is 7.09.